The first-order valence-corrected chi connectivity index (χ1v) is 22.8. The van der Waals surface area contributed by atoms with Gasteiger partial charge in [0.1, 0.15) is 0 Å². The van der Waals surface area contributed by atoms with Crippen LogP contribution in [0.2, 0.25) is 18.1 Å². The zero-order valence-corrected chi connectivity index (χ0v) is 33.2. The molecule has 0 aliphatic carbocycles. The second-order valence-electron chi connectivity index (χ2n) is 15.1. The van der Waals surface area contributed by atoms with Crippen molar-refractivity contribution in [3.05, 3.63) is 139 Å². The van der Waals surface area contributed by atoms with Gasteiger partial charge < -0.3 is 14.4 Å². The van der Waals surface area contributed by atoms with Crippen molar-refractivity contribution in [3.8, 4) is 0 Å². The zero-order valence-electron chi connectivity index (χ0n) is 31.3. The maximum absolute atomic E-state index is 15.1. The number of aliphatic hydroxyl groups is 1. The number of hydrogen-bond acceptors (Lipinski definition) is 5. The van der Waals surface area contributed by atoms with Gasteiger partial charge in [0.05, 0.1) is 30.1 Å². The number of Topliss-reactive ketones (excluding diaryl/α,β-unsaturated/α-hetero) is 2. The quantitative estimate of drug-likeness (QED) is 0.0447. The first-order chi connectivity index (χ1) is 24.8. The Hall–Kier alpha value is -4.13. The second-order valence-corrected chi connectivity index (χ2v) is 23.2. The Morgan fingerprint density at radius 2 is 1.35 bits per heavy atom. The number of rotatable bonds is 15. The molecule has 0 bridgehead atoms. The molecular formula is C44H52NO5PSi. The summed E-state index contributed by atoms with van der Waals surface area (Å²) in [6.45, 7) is 13.5. The average Bonchev–Trinajstić information content (AvgIpc) is 3.14. The van der Waals surface area contributed by atoms with Gasteiger partial charge in [0.25, 0.3) is 0 Å². The van der Waals surface area contributed by atoms with Crippen molar-refractivity contribution in [3.63, 3.8) is 0 Å². The molecule has 0 radical (unpaired) electrons. The summed E-state index contributed by atoms with van der Waals surface area (Å²) in [7, 11) is -2.33. The molecule has 0 saturated carbocycles. The summed E-state index contributed by atoms with van der Waals surface area (Å²) in [6, 6.07) is 36.4. The van der Waals surface area contributed by atoms with Crippen LogP contribution < -0.4 is 15.9 Å². The Balaban J connectivity index is 1.82. The van der Waals surface area contributed by atoms with Crippen LogP contribution in [-0.4, -0.2) is 53.4 Å². The molecule has 272 valence electrons. The first kappa shape index (κ1) is 39.1. The minimum Gasteiger partial charge on any atom is -0.413 e. The van der Waals surface area contributed by atoms with Gasteiger partial charge in [-0.15, -0.1) is 6.58 Å². The van der Waals surface area contributed by atoms with Crippen molar-refractivity contribution < 1.29 is 23.9 Å². The molecule has 1 saturated heterocycles. The molecule has 52 heavy (non-hydrogen) atoms. The van der Waals surface area contributed by atoms with E-state index in [-0.39, 0.29) is 42.0 Å². The van der Waals surface area contributed by atoms with E-state index in [1.165, 1.54) is 0 Å². The number of β-lactam (4-membered cyclic amide) rings is 1. The zero-order chi connectivity index (χ0) is 37.7. The summed E-state index contributed by atoms with van der Waals surface area (Å²) in [6.07, 6.45) is 1.87. The number of likely N-dealkylation sites (tertiary alicyclic amines) is 1. The Morgan fingerprint density at radius 1 is 0.865 bits per heavy atom. The standard InChI is InChI=1S/C44H52NO5PSi/c1-8-9-25-39(47)43(51(35-19-13-10-14-20-35,36-21-15-11-16-22-36)37-23-17-12-18-24-37)45-38(30-40(48)34-28-26-33(31-46)27-29-34)41(42(45)49)32(2)50-52(6,7)44(3,4)5/h8,10-24,26-29,32,38,41,46H,1,9,25,30-31H2,2-7H3/t32?,38-,41-/m1/s1. The average molecular weight is 734 g/mol. The van der Waals surface area contributed by atoms with Crippen molar-refractivity contribution in [2.45, 2.75) is 83.8 Å². The molecule has 1 fully saturated rings. The van der Waals surface area contributed by atoms with Crippen LogP contribution in [0, 0.1) is 5.92 Å². The number of allylic oxidation sites excluding steroid dienone is 1. The van der Waals surface area contributed by atoms with Gasteiger partial charge in [0.15, 0.2) is 19.9 Å². The maximum atomic E-state index is 15.1. The highest BCUT2D eigenvalue weighted by molar-refractivity contribution is 7.96. The lowest BCUT2D eigenvalue weighted by Gasteiger charge is -2.53. The highest BCUT2D eigenvalue weighted by atomic mass is 31.2. The maximum Gasteiger partial charge on any atom is 0.235 e. The molecule has 6 nitrogen and oxygen atoms in total. The monoisotopic (exact) mass is 733 g/mol. The molecule has 1 heterocycles. The number of nitrogens with zero attached hydrogens (tertiary/aromatic N) is 1. The third-order valence-corrected chi connectivity index (χ3v) is 19.6. The Kier molecular flexibility index (Phi) is 12.2. The number of aliphatic hydroxyl groups excluding tert-OH is 1. The lowest BCUT2D eigenvalue weighted by atomic mass is 9.79. The Bertz CT molecular complexity index is 1830. The topological polar surface area (TPSA) is 83.9 Å². The van der Waals surface area contributed by atoms with Crippen molar-refractivity contribution in [2.75, 3.05) is 0 Å². The molecule has 1 N–H and O–H groups in total. The van der Waals surface area contributed by atoms with Crippen LogP contribution in [0.5, 0.6) is 0 Å². The minimum atomic E-state index is -3.04. The molecule has 1 amide bonds. The van der Waals surface area contributed by atoms with Crippen LogP contribution in [-0.2, 0) is 20.6 Å². The van der Waals surface area contributed by atoms with Gasteiger partial charge in [-0.3, -0.25) is 14.4 Å². The number of ketones is 2. The fourth-order valence-corrected chi connectivity index (χ4v) is 12.9. The number of carbonyl (C=O) groups excluding carboxylic acids is 3. The number of carbonyl (C=O) groups is 3. The molecule has 8 heteroatoms. The Morgan fingerprint density at radius 3 is 1.77 bits per heavy atom. The van der Waals surface area contributed by atoms with E-state index < -0.39 is 33.3 Å². The van der Waals surface area contributed by atoms with E-state index >= 15 is 9.59 Å². The molecule has 0 aromatic heterocycles. The van der Waals surface area contributed by atoms with Gasteiger partial charge in [0, 0.05) is 25.3 Å². The van der Waals surface area contributed by atoms with Crippen molar-refractivity contribution in [1.82, 2.24) is 4.90 Å². The van der Waals surface area contributed by atoms with E-state index in [4.69, 9.17) is 4.43 Å². The van der Waals surface area contributed by atoms with Crippen LogP contribution in [0.1, 0.15) is 62.9 Å². The predicted molar refractivity (Wildman–Crippen MR) is 218 cm³/mol. The van der Waals surface area contributed by atoms with E-state index in [1.54, 1.807) is 35.2 Å². The van der Waals surface area contributed by atoms with Crippen LogP contribution in [0.4, 0.5) is 0 Å². The third kappa shape index (κ3) is 7.65. The fourth-order valence-electron chi connectivity index (χ4n) is 6.98. The second kappa shape index (κ2) is 16.3. The van der Waals surface area contributed by atoms with E-state index in [0.29, 0.717) is 23.0 Å². The number of amides is 1. The van der Waals surface area contributed by atoms with Gasteiger partial charge in [0.2, 0.25) is 5.91 Å². The fraction of sp³-hybridized carbons (Fsp3) is 0.318. The van der Waals surface area contributed by atoms with Gasteiger partial charge in [-0.05, 0) is 53.0 Å². The summed E-state index contributed by atoms with van der Waals surface area (Å²) in [5.41, 5.74) is 1.63. The Labute approximate surface area is 310 Å². The highest BCUT2D eigenvalue weighted by Crippen LogP contribution is 2.51. The molecule has 1 unspecified atom stereocenters. The first-order valence-electron chi connectivity index (χ1n) is 18.1. The molecular weight excluding hydrogens is 682 g/mol. The molecule has 3 atom stereocenters. The lowest BCUT2D eigenvalue weighted by molar-refractivity contribution is -0.154. The number of benzene rings is 4. The van der Waals surface area contributed by atoms with Crippen molar-refractivity contribution >= 4 is 54.0 Å². The molecule has 1 aliphatic rings. The molecule has 0 spiro atoms. The molecule has 1 aliphatic heterocycles. The summed E-state index contributed by atoms with van der Waals surface area (Å²) in [5.74, 6) is -1.12. The minimum absolute atomic E-state index is 0.0106. The lowest BCUT2D eigenvalue weighted by Crippen LogP contribution is -2.69. The van der Waals surface area contributed by atoms with Crippen LogP contribution >= 0.6 is 6.89 Å². The summed E-state index contributed by atoms with van der Waals surface area (Å²) >= 11 is 0. The summed E-state index contributed by atoms with van der Waals surface area (Å²) in [5, 5.41) is 12.4. The van der Waals surface area contributed by atoms with Crippen LogP contribution in [0.3, 0.4) is 0 Å². The van der Waals surface area contributed by atoms with Gasteiger partial charge in [-0.25, -0.2) is 0 Å². The highest BCUT2D eigenvalue weighted by Gasteiger charge is 2.56. The van der Waals surface area contributed by atoms with Crippen molar-refractivity contribution in [2.24, 2.45) is 5.92 Å². The molecule has 4 aromatic carbocycles. The molecule has 4 aromatic rings. The van der Waals surface area contributed by atoms with Gasteiger partial charge in [-0.1, -0.05) is 142 Å². The van der Waals surface area contributed by atoms with E-state index in [2.05, 4.69) is 76.8 Å². The van der Waals surface area contributed by atoms with E-state index in [1.807, 2.05) is 61.5 Å². The van der Waals surface area contributed by atoms with E-state index in [0.717, 1.165) is 15.9 Å². The van der Waals surface area contributed by atoms with Crippen molar-refractivity contribution in [1.29, 1.82) is 0 Å². The van der Waals surface area contributed by atoms with Gasteiger partial charge in [-0.2, -0.15) is 0 Å². The third-order valence-electron chi connectivity index (χ3n) is 10.7. The smallest absolute Gasteiger partial charge is 0.235 e. The SMILES string of the molecule is C=CCCC(=O)C(N1C(=O)[C@H](C(C)O[Si](C)(C)C(C)(C)C)[C@H]1CC(=O)c1ccc(CO)cc1)=P(c1ccccc1)(c1ccccc1)c1ccccc1. The normalized spacial score (nSPS) is 16.9. The van der Waals surface area contributed by atoms with Crippen LogP contribution in [0.25, 0.3) is 0 Å². The van der Waals surface area contributed by atoms with Gasteiger partial charge >= 0.3 is 0 Å². The molecule has 5 rings (SSSR count). The largest absolute Gasteiger partial charge is 0.413 e. The van der Waals surface area contributed by atoms with E-state index in [9.17, 15) is 9.90 Å². The summed E-state index contributed by atoms with van der Waals surface area (Å²) < 4.78 is 6.87. The number of hydrogen-bond donors (Lipinski definition) is 1. The van der Waals surface area contributed by atoms with Crippen LogP contribution in [0.15, 0.2) is 128 Å². The predicted octanol–water partition coefficient (Wildman–Crippen LogP) is 7.65. The summed E-state index contributed by atoms with van der Waals surface area (Å²) in [4.78, 5) is 46.0.